The molecule has 6 nitrogen and oxygen atoms in total. The van der Waals surface area contributed by atoms with Crippen molar-refractivity contribution in [2.75, 3.05) is 0 Å². The summed E-state index contributed by atoms with van der Waals surface area (Å²) in [6, 6.07) is 0. The Hall–Kier alpha value is -1.57. The molecule has 0 unspecified atom stereocenters. The number of allylic oxidation sites excluding steroid dienone is 3. The number of unbranched alkanes of at least 4 members (excludes halogenated alkanes) is 1. The Morgan fingerprint density at radius 2 is 1.13 bits per heavy atom. The second-order valence-electron chi connectivity index (χ2n) is 4.55. The van der Waals surface area contributed by atoms with E-state index >= 15 is 0 Å². The van der Waals surface area contributed by atoms with Crippen LogP contribution in [0.1, 0.15) is 40.5 Å². The van der Waals surface area contributed by atoms with Gasteiger partial charge >= 0.3 is 143 Å². The zero-order chi connectivity index (χ0) is 17.7. The molecular weight excluding hydrogens is 407 g/mol. The fourth-order valence-corrected chi connectivity index (χ4v) is 8.26. The van der Waals surface area contributed by atoms with Crippen LogP contribution in [0.3, 0.4) is 0 Å². The van der Waals surface area contributed by atoms with Crippen LogP contribution in [0.25, 0.3) is 0 Å². The average molecular weight is 431 g/mol. The molecule has 0 bridgehead atoms. The number of carbonyl (C=O) groups excluding carboxylic acids is 3. The Balaban J connectivity index is 5.52. The molecule has 0 spiro atoms. The molecule has 0 saturated carbocycles. The summed E-state index contributed by atoms with van der Waals surface area (Å²) in [7, 11) is 0. The normalized spacial score (nSPS) is 12.0. The molecular formula is C16H24O6Sn. The Kier molecular flexibility index (Phi) is 11.1. The minimum absolute atomic E-state index is 0.251. The molecule has 0 heterocycles. The third-order valence-electron chi connectivity index (χ3n) is 2.51. The molecule has 23 heavy (non-hydrogen) atoms. The first kappa shape index (κ1) is 21.4. The van der Waals surface area contributed by atoms with Crippen molar-refractivity contribution in [3.8, 4) is 0 Å². The molecule has 0 aromatic rings. The quantitative estimate of drug-likeness (QED) is 0.413. The van der Waals surface area contributed by atoms with E-state index in [0.29, 0.717) is 6.42 Å². The van der Waals surface area contributed by atoms with Gasteiger partial charge < -0.3 is 0 Å². The molecule has 0 atom stereocenters. The molecule has 7 heteroatoms. The van der Waals surface area contributed by atoms with Gasteiger partial charge in [0.15, 0.2) is 0 Å². The van der Waals surface area contributed by atoms with Crippen LogP contribution in [0.2, 0.25) is 4.44 Å². The Morgan fingerprint density at radius 3 is 1.39 bits per heavy atom. The third-order valence-corrected chi connectivity index (χ3v) is 9.66. The molecule has 0 saturated heterocycles. The van der Waals surface area contributed by atoms with E-state index in [0.717, 1.165) is 6.42 Å². The van der Waals surface area contributed by atoms with E-state index in [1.54, 1.807) is 20.8 Å². The summed E-state index contributed by atoms with van der Waals surface area (Å²) >= 11 is -4.71. The van der Waals surface area contributed by atoms with Crippen LogP contribution in [0.4, 0.5) is 0 Å². The summed E-state index contributed by atoms with van der Waals surface area (Å²) in [5.41, 5.74) is 0. The molecule has 0 aromatic carbocycles. The SMILES string of the molecule is C/C=C/C(=O)[O][Sn]([CH2]CCC)([O]C(=O)/C=C/C)[O]C(=O)/C=C/C. The van der Waals surface area contributed by atoms with Crippen LogP contribution in [-0.4, -0.2) is 37.5 Å². The van der Waals surface area contributed by atoms with E-state index in [2.05, 4.69) is 0 Å². The van der Waals surface area contributed by atoms with Gasteiger partial charge in [-0.15, -0.1) is 0 Å². The van der Waals surface area contributed by atoms with E-state index in [1.165, 1.54) is 36.5 Å². The van der Waals surface area contributed by atoms with E-state index in [1.807, 2.05) is 6.92 Å². The van der Waals surface area contributed by atoms with Crippen LogP contribution in [-0.2, 0) is 23.6 Å². The second-order valence-corrected chi connectivity index (χ2v) is 11.6. The van der Waals surface area contributed by atoms with Crippen molar-refractivity contribution in [1.82, 2.24) is 0 Å². The molecule has 0 aliphatic heterocycles. The molecule has 0 rings (SSSR count). The molecule has 0 radical (unpaired) electrons. The van der Waals surface area contributed by atoms with E-state index in [4.69, 9.17) is 9.22 Å². The van der Waals surface area contributed by atoms with Gasteiger partial charge in [-0.1, -0.05) is 0 Å². The van der Waals surface area contributed by atoms with Gasteiger partial charge in [-0.2, -0.15) is 0 Å². The molecule has 0 N–H and O–H groups in total. The summed E-state index contributed by atoms with van der Waals surface area (Å²) in [6.07, 6.45) is 9.49. The standard InChI is InChI=1S/3C4H6O2.C4H9.Sn/c3*1-2-3-4(5)6;1-3-4-2;/h3*2-3H,1H3,(H,5,6);1,3-4H2,2H3;/q;;;;+3/p-3/b3*3-2+;;. The van der Waals surface area contributed by atoms with E-state index < -0.39 is 37.5 Å². The third kappa shape index (κ3) is 9.22. The van der Waals surface area contributed by atoms with Crippen molar-refractivity contribution in [1.29, 1.82) is 0 Å². The van der Waals surface area contributed by atoms with Crippen LogP contribution >= 0.6 is 0 Å². The number of carbonyl (C=O) groups is 3. The van der Waals surface area contributed by atoms with Crippen molar-refractivity contribution in [3.05, 3.63) is 36.5 Å². The summed E-state index contributed by atoms with van der Waals surface area (Å²) in [5, 5.41) is 0. The number of hydrogen-bond donors (Lipinski definition) is 0. The summed E-state index contributed by atoms with van der Waals surface area (Å²) in [5.74, 6) is -2.04. The van der Waals surface area contributed by atoms with Crippen molar-refractivity contribution in [2.45, 2.75) is 45.0 Å². The van der Waals surface area contributed by atoms with Gasteiger partial charge in [0.05, 0.1) is 0 Å². The van der Waals surface area contributed by atoms with Gasteiger partial charge in [-0.3, -0.25) is 0 Å². The number of rotatable bonds is 9. The first-order valence-electron chi connectivity index (χ1n) is 7.50. The minimum atomic E-state index is -4.71. The summed E-state index contributed by atoms with van der Waals surface area (Å²) < 4.78 is 16.3. The van der Waals surface area contributed by atoms with Crippen molar-refractivity contribution in [3.63, 3.8) is 0 Å². The zero-order valence-electron chi connectivity index (χ0n) is 14.0. The molecule has 0 aliphatic carbocycles. The Morgan fingerprint density at radius 1 is 0.783 bits per heavy atom. The Bertz CT molecular complexity index is 428. The summed E-state index contributed by atoms with van der Waals surface area (Å²) in [4.78, 5) is 35.5. The van der Waals surface area contributed by atoms with Gasteiger partial charge in [-0.05, 0) is 0 Å². The topological polar surface area (TPSA) is 78.9 Å². The monoisotopic (exact) mass is 432 g/mol. The molecule has 0 fully saturated rings. The first-order chi connectivity index (χ1) is 10.9. The van der Waals surface area contributed by atoms with Crippen LogP contribution in [0.15, 0.2) is 36.5 Å². The maximum absolute atomic E-state index is 11.8. The van der Waals surface area contributed by atoms with Crippen molar-refractivity contribution >= 4 is 37.5 Å². The van der Waals surface area contributed by atoms with E-state index in [-0.39, 0.29) is 4.44 Å². The fraction of sp³-hybridized carbons (Fsp3) is 0.438. The fourth-order valence-electron chi connectivity index (χ4n) is 1.58. The maximum atomic E-state index is 11.8. The van der Waals surface area contributed by atoms with Crippen LogP contribution in [0, 0.1) is 0 Å². The molecule has 128 valence electrons. The van der Waals surface area contributed by atoms with Crippen molar-refractivity contribution < 1.29 is 23.6 Å². The van der Waals surface area contributed by atoms with Gasteiger partial charge in [0.1, 0.15) is 0 Å². The van der Waals surface area contributed by atoms with Gasteiger partial charge in [0.2, 0.25) is 0 Å². The zero-order valence-corrected chi connectivity index (χ0v) is 16.9. The molecule has 0 aromatic heterocycles. The van der Waals surface area contributed by atoms with Gasteiger partial charge in [-0.25, -0.2) is 0 Å². The number of hydrogen-bond acceptors (Lipinski definition) is 6. The van der Waals surface area contributed by atoms with Crippen molar-refractivity contribution in [2.24, 2.45) is 0 Å². The van der Waals surface area contributed by atoms with E-state index in [9.17, 15) is 14.4 Å². The summed E-state index contributed by atoms with van der Waals surface area (Å²) in [6.45, 7) is 6.90. The Labute approximate surface area is 142 Å². The second kappa shape index (κ2) is 11.9. The average Bonchev–Trinajstić information content (AvgIpc) is 2.45. The van der Waals surface area contributed by atoms with Crippen LogP contribution in [0.5, 0.6) is 0 Å². The van der Waals surface area contributed by atoms with Gasteiger partial charge in [0.25, 0.3) is 0 Å². The van der Waals surface area contributed by atoms with Crippen LogP contribution < -0.4 is 0 Å². The molecule has 0 aliphatic rings. The predicted octanol–water partition coefficient (Wildman–Crippen LogP) is 3.08. The first-order valence-corrected chi connectivity index (χ1v) is 13.0. The van der Waals surface area contributed by atoms with Gasteiger partial charge in [0, 0.05) is 0 Å². The molecule has 0 amide bonds. The predicted molar refractivity (Wildman–Crippen MR) is 88.2 cm³/mol.